The first-order chi connectivity index (χ1) is 10.8. The van der Waals surface area contributed by atoms with Crippen molar-refractivity contribution < 1.29 is 4.79 Å². The van der Waals surface area contributed by atoms with Crippen LogP contribution in [0.2, 0.25) is 0 Å². The van der Waals surface area contributed by atoms with Gasteiger partial charge >= 0.3 is 6.03 Å². The standard InChI is InChI=1S/C17H16N4O/c22-17(19-13-14-4-3-9-18-12-14)20-15-5-7-16(8-6-15)21-10-1-2-11-21/h1-12H,13H2,(H2,19,20,22). The van der Waals surface area contributed by atoms with E-state index in [1.54, 1.807) is 12.4 Å². The van der Waals surface area contributed by atoms with Gasteiger partial charge in [0, 0.05) is 42.7 Å². The Hall–Kier alpha value is -3.08. The topological polar surface area (TPSA) is 59.0 Å². The van der Waals surface area contributed by atoms with Crippen molar-refractivity contribution in [2.24, 2.45) is 0 Å². The summed E-state index contributed by atoms with van der Waals surface area (Å²) in [6.07, 6.45) is 7.38. The maximum Gasteiger partial charge on any atom is 0.319 e. The molecule has 0 spiro atoms. The van der Waals surface area contributed by atoms with Crippen LogP contribution in [-0.4, -0.2) is 15.6 Å². The molecule has 0 saturated heterocycles. The average Bonchev–Trinajstić information content (AvgIpc) is 3.09. The normalized spacial score (nSPS) is 10.2. The summed E-state index contributed by atoms with van der Waals surface area (Å²) in [4.78, 5) is 15.9. The van der Waals surface area contributed by atoms with E-state index in [4.69, 9.17) is 0 Å². The summed E-state index contributed by atoms with van der Waals surface area (Å²) < 4.78 is 2.01. The smallest absolute Gasteiger partial charge is 0.319 e. The van der Waals surface area contributed by atoms with Crippen molar-refractivity contribution in [2.45, 2.75) is 6.54 Å². The maximum absolute atomic E-state index is 11.9. The molecule has 0 aliphatic heterocycles. The number of pyridine rings is 1. The predicted octanol–water partition coefficient (Wildman–Crippen LogP) is 3.19. The van der Waals surface area contributed by atoms with E-state index in [-0.39, 0.29) is 6.03 Å². The Labute approximate surface area is 128 Å². The van der Waals surface area contributed by atoms with Gasteiger partial charge < -0.3 is 15.2 Å². The molecule has 2 heterocycles. The number of aromatic nitrogens is 2. The molecule has 5 nitrogen and oxygen atoms in total. The lowest BCUT2D eigenvalue weighted by Gasteiger charge is -2.09. The molecule has 0 atom stereocenters. The van der Waals surface area contributed by atoms with Gasteiger partial charge in [0.25, 0.3) is 0 Å². The van der Waals surface area contributed by atoms with Crippen molar-refractivity contribution >= 4 is 11.7 Å². The monoisotopic (exact) mass is 292 g/mol. The largest absolute Gasteiger partial charge is 0.334 e. The summed E-state index contributed by atoms with van der Waals surface area (Å²) in [5.41, 5.74) is 2.76. The van der Waals surface area contributed by atoms with Crippen molar-refractivity contribution in [1.82, 2.24) is 14.9 Å². The summed E-state index contributed by atoms with van der Waals surface area (Å²) in [7, 11) is 0. The molecule has 22 heavy (non-hydrogen) atoms. The first-order valence-electron chi connectivity index (χ1n) is 6.98. The summed E-state index contributed by atoms with van der Waals surface area (Å²) in [6.45, 7) is 0.446. The third-order valence-corrected chi connectivity index (χ3v) is 3.20. The highest BCUT2D eigenvalue weighted by molar-refractivity contribution is 5.89. The molecule has 0 aliphatic carbocycles. The average molecular weight is 292 g/mol. The van der Waals surface area contributed by atoms with Gasteiger partial charge in [0.2, 0.25) is 0 Å². The van der Waals surface area contributed by atoms with Gasteiger partial charge in [-0.1, -0.05) is 6.07 Å². The number of nitrogens with zero attached hydrogens (tertiary/aromatic N) is 2. The molecular formula is C17H16N4O. The van der Waals surface area contributed by atoms with Crippen molar-refractivity contribution in [2.75, 3.05) is 5.32 Å². The van der Waals surface area contributed by atoms with Gasteiger partial charge in [0.15, 0.2) is 0 Å². The molecule has 0 saturated carbocycles. The fraction of sp³-hybridized carbons (Fsp3) is 0.0588. The van der Waals surface area contributed by atoms with Crippen LogP contribution in [0.15, 0.2) is 73.3 Å². The van der Waals surface area contributed by atoms with Crippen LogP contribution in [0.25, 0.3) is 5.69 Å². The second-order valence-corrected chi connectivity index (χ2v) is 4.81. The fourth-order valence-electron chi connectivity index (χ4n) is 2.08. The number of amides is 2. The Morgan fingerprint density at radius 1 is 1.05 bits per heavy atom. The molecule has 0 unspecified atom stereocenters. The van der Waals surface area contributed by atoms with Crippen LogP contribution in [0, 0.1) is 0 Å². The minimum atomic E-state index is -0.238. The molecule has 0 bridgehead atoms. The lowest BCUT2D eigenvalue weighted by Crippen LogP contribution is -2.28. The van der Waals surface area contributed by atoms with E-state index in [1.165, 1.54) is 0 Å². The van der Waals surface area contributed by atoms with Gasteiger partial charge in [-0.25, -0.2) is 4.79 Å². The first-order valence-corrected chi connectivity index (χ1v) is 6.98. The van der Waals surface area contributed by atoms with Crippen LogP contribution in [0.4, 0.5) is 10.5 Å². The van der Waals surface area contributed by atoms with Crippen LogP contribution >= 0.6 is 0 Å². The summed E-state index contributed by atoms with van der Waals surface area (Å²) in [6, 6.07) is 15.1. The highest BCUT2D eigenvalue weighted by atomic mass is 16.2. The second kappa shape index (κ2) is 6.58. The van der Waals surface area contributed by atoms with Crippen LogP contribution in [-0.2, 0) is 6.54 Å². The first kappa shape index (κ1) is 13.9. The van der Waals surface area contributed by atoms with E-state index in [2.05, 4.69) is 15.6 Å². The predicted molar refractivity (Wildman–Crippen MR) is 85.9 cm³/mol. The van der Waals surface area contributed by atoms with Crippen LogP contribution in [0.5, 0.6) is 0 Å². The number of benzene rings is 1. The zero-order chi connectivity index (χ0) is 15.2. The molecule has 3 aromatic rings. The van der Waals surface area contributed by atoms with E-state index in [9.17, 15) is 4.79 Å². The van der Waals surface area contributed by atoms with E-state index < -0.39 is 0 Å². The van der Waals surface area contributed by atoms with E-state index in [0.29, 0.717) is 6.54 Å². The fourth-order valence-corrected chi connectivity index (χ4v) is 2.08. The van der Waals surface area contributed by atoms with E-state index in [1.807, 2.05) is 65.5 Å². The van der Waals surface area contributed by atoms with Gasteiger partial charge in [0.1, 0.15) is 0 Å². The van der Waals surface area contributed by atoms with Gasteiger partial charge in [-0.3, -0.25) is 4.98 Å². The lowest BCUT2D eigenvalue weighted by molar-refractivity contribution is 0.251. The third kappa shape index (κ3) is 3.52. The molecule has 2 N–H and O–H groups in total. The van der Waals surface area contributed by atoms with Gasteiger partial charge in [-0.05, 0) is 48.0 Å². The Kier molecular flexibility index (Phi) is 4.15. The highest BCUT2D eigenvalue weighted by Gasteiger charge is 2.02. The molecule has 1 aromatic carbocycles. The maximum atomic E-state index is 11.9. The summed E-state index contributed by atoms with van der Waals surface area (Å²) >= 11 is 0. The molecule has 3 rings (SSSR count). The molecule has 0 fully saturated rings. The van der Waals surface area contributed by atoms with Gasteiger partial charge in [-0.15, -0.1) is 0 Å². The molecule has 5 heteroatoms. The summed E-state index contributed by atoms with van der Waals surface area (Å²) in [5, 5.41) is 5.60. The Bertz CT molecular complexity index is 721. The molecule has 2 aromatic heterocycles. The zero-order valence-electron chi connectivity index (χ0n) is 11.9. The highest BCUT2D eigenvalue weighted by Crippen LogP contribution is 2.13. The number of carbonyl (C=O) groups excluding carboxylic acids is 1. The van der Waals surface area contributed by atoms with Crippen LogP contribution < -0.4 is 10.6 Å². The molecular weight excluding hydrogens is 276 g/mol. The van der Waals surface area contributed by atoms with Crippen molar-refractivity contribution in [3.8, 4) is 5.69 Å². The molecule has 2 amide bonds. The van der Waals surface area contributed by atoms with Crippen molar-refractivity contribution in [3.05, 3.63) is 78.9 Å². The van der Waals surface area contributed by atoms with Crippen LogP contribution in [0.1, 0.15) is 5.56 Å². The number of anilines is 1. The SMILES string of the molecule is O=C(NCc1cccnc1)Nc1ccc(-n2cccc2)cc1. The third-order valence-electron chi connectivity index (χ3n) is 3.20. The van der Waals surface area contributed by atoms with E-state index in [0.717, 1.165) is 16.9 Å². The number of hydrogen-bond acceptors (Lipinski definition) is 2. The van der Waals surface area contributed by atoms with Gasteiger partial charge in [0.05, 0.1) is 0 Å². The Morgan fingerprint density at radius 3 is 2.50 bits per heavy atom. The van der Waals surface area contributed by atoms with Crippen molar-refractivity contribution in [3.63, 3.8) is 0 Å². The molecule has 0 aliphatic rings. The van der Waals surface area contributed by atoms with Crippen molar-refractivity contribution in [1.29, 1.82) is 0 Å². The quantitative estimate of drug-likeness (QED) is 0.776. The zero-order valence-corrected chi connectivity index (χ0v) is 11.9. The number of carbonyl (C=O) groups is 1. The number of hydrogen-bond donors (Lipinski definition) is 2. The Morgan fingerprint density at radius 2 is 1.82 bits per heavy atom. The minimum absolute atomic E-state index is 0.238. The Balaban J connectivity index is 1.55. The minimum Gasteiger partial charge on any atom is -0.334 e. The number of rotatable bonds is 4. The molecule has 110 valence electrons. The lowest BCUT2D eigenvalue weighted by atomic mass is 10.2. The number of urea groups is 1. The molecule has 0 radical (unpaired) electrons. The van der Waals surface area contributed by atoms with Gasteiger partial charge in [-0.2, -0.15) is 0 Å². The number of nitrogens with one attached hydrogen (secondary N) is 2. The second-order valence-electron chi connectivity index (χ2n) is 4.81. The summed E-state index contributed by atoms with van der Waals surface area (Å²) in [5.74, 6) is 0. The van der Waals surface area contributed by atoms with Crippen LogP contribution in [0.3, 0.4) is 0 Å². The van der Waals surface area contributed by atoms with E-state index >= 15 is 0 Å².